The third-order valence-electron chi connectivity index (χ3n) is 3.56. The zero-order valence-corrected chi connectivity index (χ0v) is 14.5. The zero-order valence-electron chi connectivity index (χ0n) is 13.7. The SMILES string of the molecule is CCNC(=O)[C@H](C)[NH+](CCOC)Cc1nnc(-c2cccs2)o1. The molecule has 1 amide bonds. The summed E-state index contributed by atoms with van der Waals surface area (Å²) in [6.07, 6.45) is 0. The van der Waals surface area contributed by atoms with E-state index < -0.39 is 0 Å². The number of likely N-dealkylation sites (N-methyl/N-ethyl adjacent to an activating group) is 1. The lowest BCUT2D eigenvalue weighted by Crippen LogP contribution is -3.16. The molecule has 1 unspecified atom stereocenters. The number of thiophene rings is 1. The molecule has 0 bridgehead atoms. The molecule has 23 heavy (non-hydrogen) atoms. The monoisotopic (exact) mass is 339 g/mol. The van der Waals surface area contributed by atoms with Gasteiger partial charge in [0.2, 0.25) is 0 Å². The molecule has 8 heteroatoms. The van der Waals surface area contributed by atoms with E-state index in [9.17, 15) is 4.79 Å². The lowest BCUT2D eigenvalue weighted by molar-refractivity contribution is -0.929. The van der Waals surface area contributed by atoms with Crippen LogP contribution in [-0.2, 0) is 16.1 Å². The van der Waals surface area contributed by atoms with Gasteiger partial charge in [0.25, 0.3) is 17.7 Å². The number of quaternary nitrogens is 1. The first-order valence-corrected chi connectivity index (χ1v) is 8.51. The first kappa shape index (κ1) is 17.6. The van der Waals surface area contributed by atoms with Gasteiger partial charge < -0.3 is 19.4 Å². The molecular weight excluding hydrogens is 316 g/mol. The molecule has 2 aromatic heterocycles. The number of nitrogens with zero attached hydrogens (tertiary/aromatic N) is 2. The van der Waals surface area contributed by atoms with E-state index in [1.165, 1.54) is 0 Å². The molecule has 0 saturated carbocycles. The second-order valence-electron chi connectivity index (χ2n) is 5.17. The number of hydrogen-bond acceptors (Lipinski definition) is 6. The molecule has 0 spiro atoms. The standard InChI is InChI=1S/C15H22N4O3S/c1-4-16-14(20)11(2)19(7-8-21-3)10-13-17-18-15(22-13)12-6-5-9-23-12/h5-6,9,11H,4,7-8,10H2,1-3H3,(H,16,20)/p+1/t11-/m0/s1. The number of ether oxygens (including phenoxy) is 1. The average molecular weight is 339 g/mol. The summed E-state index contributed by atoms with van der Waals surface area (Å²) < 4.78 is 10.9. The first-order chi connectivity index (χ1) is 11.2. The van der Waals surface area contributed by atoms with E-state index in [0.29, 0.717) is 38.0 Å². The van der Waals surface area contributed by atoms with Crippen molar-refractivity contribution >= 4 is 17.2 Å². The minimum Gasteiger partial charge on any atom is -0.414 e. The summed E-state index contributed by atoms with van der Waals surface area (Å²) in [5, 5.41) is 13.0. The Kier molecular flexibility index (Phi) is 6.69. The van der Waals surface area contributed by atoms with Crippen molar-refractivity contribution in [3.8, 4) is 10.8 Å². The Morgan fingerprint density at radius 1 is 1.52 bits per heavy atom. The van der Waals surface area contributed by atoms with Crippen molar-refractivity contribution in [2.24, 2.45) is 0 Å². The fraction of sp³-hybridized carbons (Fsp3) is 0.533. The maximum Gasteiger partial charge on any atom is 0.278 e. The molecule has 126 valence electrons. The molecule has 0 aliphatic heterocycles. The average Bonchev–Trinajstić information content (AvgIpc) is 3.22. The van der Waals surface area contributed by atoms with Gasteiger partial charge in [-0.3, -0.25) is 4.79 Å². The molecule has 0 fully saturated rings. The molecule has 2 aromatic rings. The van der Waals surface area contributed by atoms with Gasteiger partial charge in [-0.15, -0.1) is 21.5 Å². The van der Waals surface area contributed by atoms with Gasteiger partial charge in [-0.25, -0.2) is 0 Å². The Hall–Kier alpha value is -1.77. The van der Waals surface area contributed by atoms with Crippen LogP contribution in [0.15, 0.2) is 21.9 Å². The normalized spacial score (nSPS) is 13.7. The largest absolute Gasteiger partial charge is 0.414 e. The smallest absolute Gasteiger partial charge is 0.278 e. The van der Waals surface area contributed by atoms with Crippen LogP contribution in [0.4, 0.5) is 0 Å². The van der Waals surface area contributed by atoms with E-state index in [-0.39, 0.29) is 11.9 Å². The maximum absolute atomic E-state index is 12.1. The molecule has 2 heterocycles. The van der Waals surface area contributed by atoms with E-state index in [1.807, 2.05) is 31.4 Å². The van der Waals surface area contributed by atoms with Crippen LogP contribution in [0.1, 0.15) is 19.7 Å². The first-order valence-electron chi connectivity index (χ1n) is 7.63. The predicted octanol–water partition coefficient (Wildman–Crippen LogP) is 0.354. The van der Waals surface area contributed by atoms with Crippen molar-refractivity contribution in [3.05, 3.63) is 23.4 Å². The van der Waals surface area contributed by atoms with Crippen LogP contribution in [0.2, 0.25) is 0 Å². The molecule has 7 nitrogen and oxygen atoms in total. The molecule has 2 N–H and O–H groups in total. The summed E-state index contributed by atoms with van der Waals surface area (Å²) in [6, 6.07) is 3.66. The number of carbonyl (C=O) groups is 1. The number of aromatic nitrogens is 2. The van der Waals surface area contributed by atoms with Gasteiger partial charge in [0, 0.05) is 13.7 Å². The minimum atomic E-state index is -0.220. The van der Waals surface area contributed by atoms with Crippen LogP contribution in [0.3, 0.4) is 0 Å². The molecule has 2 rings (SSSR count). The number of rotatable bonds is 9. The Morgan fingerprint density at radius 2 is 2.35 bits per heavy atom. The quantitative estimate of drug-likeness (QED) is 0.689. The van der Waals surface area contributed by atoms with Crippen LogP contribution < -0.4 is 10.2 Å². The minimum absolute atomic E-state index is 0.0107. The topological polar surface area (TPSA) is 81.7 Å². The molecular formula is C15H23N4O3S+. The number of hydrogen-bond donors (Lipinski definition) is 2. The summed E-state index contributed by atoms with van der Waals surface area (Å²) in [7, 11) is 1.65. The molecule has 0 radical (unpaired) electrons. The van der Waals surface area contributed by atoms with Crippen molar-refractivity contribution in [1.29, 1.82) is 0 Å². The van der Waals surface area contributed by atoms with Gasteiger partial charge in [-0.2, -0.15) is 0 Å². The van der Waals surface area contributed by atoms with Crippen LogP contribution in [0.25, 0.3) is 10.8 Å². The van der Waals surface area contributed by atoms with E-state index >= 15 is 0 Å². The van der Waals surface area contributed by atoms with Gasteiger partial charge in [0.05, 0.1) is 11.5 Å². The summed E-state index contributed by atoms with van der Waals surface area (Å²) >= 11 is 1.55. The highest BCUT2D eigenvalue weighted by Gasteiger charge is 2.26. The highest BCUT2D eigenvalue weighted by atomic mass is 32.1. The Balaban J connectivity index is 2.06. The Labute approximate surface area is 139 Å². The highest BCUT2D eigenvalue weighted by molar-refractivity contribution is 7.13. The highest BCUT2D eigenvalue weighted by Crippen LogP contribution is 2.22. The van der Waals surface area contributed by atoms with Gasteiger partial charge in [-0.05, 0) is 25.3 Å². The van der Waals surface area contributed by atoms with E-state index in [1.54, 1.807) is 18.4 Å². The van der Waals surface area contributed by atoms with Crippen LogP contribution in [0.5, 0.6) is 0 Å². The Bertz CT molecular complexity index is 600. The molecule has 0 aromatic carbocycles. The summed E-state index contributed by atoms with van der Waals surface area (Å²) in [5.41, 5.74) is 0. The number of nitrogens with one attached hydrogen (secondary N) is 2. The lowest BCUT2D eigenvalue weighted by atomic mass is 10.2. The van der Waals surface area contributed by atoms with Crippen molar-refractivity contribution in [1.82, 2.24) is 15.5 Å². The second kappa shape index (κ2) is 8.76. The van der Waals surface area contributed by atoms with E-state index in [4.69, 9.17) is 9.15 Å². The number of methoxy groups -OCH3 is 1. The molecule has 0 aliphatic rings. The molecule has 0 aliphatic carbocycles. The van der Waals surface area contributed by atoms with E-state index in [2.05, 4.69) is 15.5 Å². The number of amides is 1. The fourth-order valence-electron chi connectivity index (χ4n) is 2.22. The molecule has 2 atom stereocenters. The fourth-order valence-corrected chi connectivity index (χ4v) is 2.87. The third-order valence-corrected chi connectivity index (χ3v) is 4.42. The summed E-state index contributed by atoms with van der Waals surface area (Å²) in [6.45, 7) is 6.15. The maximum atomic E-state index is 12.1. The van der Waals surface area contributed by atoms with Crippen LogP contribution >= 0.6 is 11.3 Å². The Morgan fingerprint density at radius 3 is 3.00 bits per heavy atom. The van der Waals surface area contributed by atoms with E-state index in [0.717, 1.165) is 9.78 Å². The van der Waals surface area contributed by atoms with Crippen LogP contribution in [0, 0.1) is 0 Å². The van der Waals surface area contributed by atoms with Gasteiger partial charge in [-0.1, -0.05) is 6.07 Å². The van der Waals surface area contributed by atoms with Gasteiger partial charge in [0.1, 0.15) is 6.54 Å². The van der Waals surface area contributed by atoms with Gasteiger partial charge in [0.15, 0.2) is 12.6 Å². The predicted molar refractivity (Wildman–Crippen MR) is 87.2 cm³/mol. The summed E-state index contributed by atoms with van der Waals surface area (Å²) in [5.74, 6) is 1.05. The van der Waals surface area contributed by atoms with Crippen molar-refractivity contribution in [2.75, 3.05) is 26.8 Å². The second-order valence-corrected chi connectivity index (χ2v) is 6.12. The third kappa shape index (κ3) is 4.85. The van der Waals surface area contributed by atoms with Crippen molar-refractivity contribution in [2.45, 2.75) is 26.4 Å². The van der Waals surface area contributed by atoms with Crippen molar-refractivity contribution < 1.29 is 18.8 Å². The molecule has 0 saturated heterocycles. The van der Waals surface area contributed by atoms with Gasteiger partial charge >= 0.3 is 0 Å². The zero-order chi connectivity index (χ0) is 16.7. The lowest BCUT2D eigenvalue weighted by Gasteiger charge is -2.23. The van der Waals surface area contributed by atoms with Crippen molar-refractivity contribution in [3.63, 3.8) is 0 Å². The summed E-state index contributed by atoms with van der Waals surface area (Å²) in [4.78, 5) is 14.1. The number of carbonyl (C=O) groups excluding carboxylic acids is 1. The van der Waals surface area contributed by atoms with Crippen LogP contribution in [-0.4, -0.2) is 49.0 Å².